The van der Waals surface area contributed by atoms with E-state index in [1.54, 1.807) is 19.1 Å². The zero-order chi connectivity index (χ0) is 26.8. The van der Waals surface area contributed by atoms with Gasteiger partial charge in [-0.15, -0.1) is 0 Å². The fraction of sp³-hybridized carbons (Fsp3) is 0.481. The van der Waals surface area contributed by atoms with E-state index in [1.807, 2.05) is 12.1 Å². The molecule has 2 amide bonds. The zero-order valence-corrected chi connectivity index (χ0v) is 20.5. The second-order valence-electron chi connectivity index (χ2n) is 9.96. The molecule has 2 aromatic rings. The van der Waals surface area contributed by atoms with Crippen molar-refractivity contribution >= 4 is 11.8 Å². The summed E-state index contributed by atoms with van der Waals surface area (Å²) in [7, 11) is 0. The first-order chi connectivity index (χ1) is 17.5. The van der Waals surface area contributed by atoms with Crippen LogP contribution in [0.25, 0.3) is 0 Å². The van der Waals surface area contributed by atoms with Gasteiger partial charge in [-0.1, -0.05) is 48.5 Å². The Morgan fingerprint density at radius 2 is 1.76 bits per heavy atom. The first-order valence-electron chi connectivity index (χ1n) is 12.3. The quantitative estimate of drug-likeness (QED) is 0.544. The lowest BCUT2D eigenvalue weighted by Crippen LogP contribution is -2.59. The van der Waals surface area contributed by atoms with Gasteiger partial charge in [0.15, 0.2) is 0 Å². The summed E-state index contributed by atoms with van der Waals surface area (Å²) in [6, 6.07) is 13.7. The minimum absolute atomic E-state index is 0.0372. The summed E-state index contributed by atoms with van der Waals surface area (Å²) in [6.07, 6.45) is -5.17. The molecule has 0 aromatic heterocycles. The molecule has 0 radical (unpaired) electrons. The van der Waals surface area contributed by atoms with Crippen molar-refractivity contribution in [3.05, 3.63) is 65.7 Å². The van der Waals surface area contributed by atoms with Gasteiger partial charge >= 0.3 is 6.18 Å². The number of halogens is 3. The second-order valence-corrected chi connectivity index (χ2v) is 9.96. The highest BCUT2D eigenvalue weighted by Gasteiger charge is 2.62. The minimum Gasteiger partial charge on any atom is -0.491 e. The van der Waals surface area contributed by atoms with Crippen molar-refractivity contribution in [1.82, 2.24) is 10.2 Å². The van der Waals surface area contributed by atoms with Gasteiger partial charge in [-0.05, 0) is 36.8 Å². The average molecular weight is 521 g/mol. The third-order valence-corrected chi connectivity index (χ3v) is 7.49. The Morgan fingerprint density at radius 3 is 2.38 bits per heavy atom. The van der Waals surface area contributed by atoms with Gasteiger partial charge < -0.3 is 25.2 Å². The third kappa shape index (κ3) is 5.17. The van der Waals surface area contributed by atoms with Gasteiger partial charge in [-0.2, -0.15) is 13.2 Å². The molecule has 2 aliphatic rings. The van der Waals surface area contributed by atoms with Crippen LogP contribution in [0.1, 0.15) is 43.2 Å². The lowest BCUT2D eigenvalue weighted by atomic mass is 9.62. The number of piperidine rings is 2. The van der Waals surface area contributed by atoms with Gasteiger partial charge in [0.05, 0.1) is 6.10 Å². The molecule has 2 aromatic carbocycles. The Kier molecular flexibility index (Phi) is 7.52. The van der Waals surface area contributed by atoms with Crippen LogP contribution in [0.4, 0.5) is 13.2 Å². The molecule has 2 aliphatic heterocycles. The summed E-state index contributed by atoms with van der Waals surface area (Å²) in [4.78, 5) is 26.7. The summed E-state index contributed by atoms with van der Waals surface area (Å²) in [5, 5.41) is 23.3. The Labute approximate surface area is 213 Å². The molecule has 200 valence electrons. The lowest BCUT2D eigenvalue weighted by Gasteiger charge is -2.50. The molecule has 4 rings (SSSR count). The number of amides is 2. The first kappa shape index (κ1) is 26.9. The fourth-order valence-electron chi connectivity index (χ4n) is 5.48. The molecule has 3 atom stereocenters. The summed E-state index contributed by atoms with van der Waals surface area (Å²) in [6.45, 7) is 1.93. The van der Waals surface area contributed by atoms with Crippen molar-refractivity contribution in [2.45, 2.75) is 50.0 Å². The first-order valence-corrected chi connectivity index (χ1v) is 12.3. The molecule has 2 saturated heterocycles. The van der Waals surface area contributed by atoms with Crippen LogP contribution in [0.3, 0.4) is 0 Å². The number of aliphatic hydroxyl groups excluding tert-OH is 1. The van der Waals surface area contributed by atoms with Crippen LogP contribution >= 0.6 is 0 Å². The maximum absolute atomic E-state index is 14.1. The summed E-state index contributed by atoms with van der Waals surface area (Å²) >= 11 is 0. The number of nitrogens with zero attached hydrogens (tertiary/aromatic N) is 1. The number of rotatable bonds is 6. The molecule has 0 bridgehead atoms. The van der Waals surface area contributed by atoms with Crippen LogP contribution in [0.5, 0.6) is 5.75 Å². The summed E-state index contributed by atoms with van der Waals surface area (Å²) in [5.41, 5.74) is -3.97. The summed E-state index contributed by atoms with van der Waals surface area (Å²) < 4.78 is 48.0. The topological polar surface area (TPSA) is 99.1 Å². The van der Waals surface area contributed by atoms with E-state index in [9.17, 15) is 33.0 Å². The minimum atomic E-state index is -5.21. The molecule has 1 spiro atoms. The van der Waals surface area contributed by atoms with Gasteiger partial charge in [0, 0.05) is 37.5 Å². The number of hydrogen-bond acceptors (Lipinski definition) is 5. The van der Waals surface area contributed by atoms with Gasteiger partial charge in [0.1, 0.15) is 12.4 Å². The number of carbonyl (C=O) groups excluding carboxylic acids is 2. The summed E-state index contributed by atoms with van der Waals surface area (Å²) in [5.74, 6) is -1.21. The Hall–Kier alpha value is -3.11. The third-order valence-electron chi connectivity index (χ3n) is 7.49. The van der Waals surface area contributed by atoms with Crippen LogP contribution in [0.2, 0.25) is 0 Å². The van der Waals surface area contributed by atoms with E-state index in [-0.39, 0.29) is 50.8 Å². The standard InChI is InChI=1S/C27H31F3N2O5/c1-18(33)17-37-22-10-6-5-9-20(22)21-16-31-23(34)15-25(21)11-13-32(14-12-25)24(35)26(36,27(28,29)30)19-7-3-2-4-8-19/h2-10,18,21,33,36H,11-17H2,1H3,(H,31,34)/t18-,21?,26+/m0/s1. The van der Waals surface area contributed by atoms with E-state index in [2.05, 4.69) is 5.32 Å². The molecule has 2 fully saturated rings. The second kappa shape index (κ2) is 10.3. The molecule has 0 aliphatic carbocycles. The molecule has 37 heavy (non-hydrogen) atoms. The molecule has 7 nitrogen and oxygen atoms in total. The number of aliphatic hydroxyl groups is 2. The molecule has 0 saturated carbocycles. The van der Waals surface area contributed by atoms with Crippen molar-refractivity contribution in [2.24, 2.45) is 5.41 Å². The Morgan fingerprint density at radius 1 is 1.14 bits per heavy atom. The Balaban J connectivity index is 1.60. The van der Waals surface area contributed by atoms with Crippen LogP contribution in [-0.4, -0.2) is 65.4 Å². The number of nitrogens with one attached hydrogen (secondary N) is 1. The zero-order valence-electron chi connectivity index (χ0n) is 20.5. The molecule has 2 heterocycles. The van der Waals surface area contributed by atoms with Crippen LogP contribution < -0.4 is 10.1 Å². The largest absolute Gasteiger partial charge is 0.491 e. The van der Waals surface area contributed by atoms with Gasteiger partial charge in [0.25, 0.3) is 11.5 Å². The highest BCUT2D eigenvalue weighted by molar-refractivity contribution is 5.87. The van der Waals surface area contributed by atoms with Crippen LogP contribution in [-0.2, 0) is 15.2 Å². The number of para-hydroxylation sites is 1. The molecular weight excluding hydrogens is 489 g/mol. The van der Waals surface area contributed by atoms with Crippen molar-refractivity contribution in [1.29, 1.82) is 0 Å². The molecule has 10 heteroatoms. The maximum Gasteiger partial charge on any atom is 0.430 e. The van der Waals surface area contributed by atoms with E-state index >= 15 is 0 Å². The highest BCUT2D eigenvalue weighted by Crippen LogP contribution is 2.51. The molecular formula is C27H31F3N2O5. The lowest BCUT2D eigenvalue weighted by molar-refractivity contribution is -0.262. The number of carbonyl (C=O) groups is 2. The van der Waals surface area contributed by atoms with Crippen molar-refractivity contribution in [3.63, 3.8) is 0 Å². The van der Waals surface area contributed by atoms with Crippen molar-refractivity contribution in [3.8, 4) is 5.75 Å². The average Bonchev–Trinajstić information content (AvgIpc) is 2.87. The number of benzene rings is 2. The van der Waals surface area contributed by atoms with Gasteiger partial charge in [-0.25, -0.2) is 0 Å². The number of hydrogen-bond donors (Lipinski definition) is 3. The van der Waals surface area contributed by atoms with Gasteiger partial charge in [0.2, 0.25) is 5.91 Å². The van der Waals surface area contributed by atoms with E-state index in [0.717, 1.165) is 22.6 Å². The van der Waals surface area contributed by atoms with E-state index in [0.29, 0.717) is 12.3 Å². The van der Waals surface area contributed by atoms with Crippen LogP contribution in [0, 0.1) is 5.41 Å². The predicted molar refractivity (Wildman–Crippen MR) is 129 cm³/mol. The predicted octanol–water partition coefficient (Wildman–Crippen LogP) is 3.11. The molecule has 1 unspecified atom stereocenters. The highest BCUT2D eigenvalue weighted by atomic mass is 19.4. The van der Waals surface area contributed by atoms with Crippen molar-refractivity contribution in [2.75, 3.05) is 26.2 Å². The van der Waals surface area contributed by atoms with Gasteiger partial charge in [-0.3, -0.25) is 9.59 Å². The molecule has 3 N–H and O–H groups in total. The smallest absolute Gasteiger partial charge is 0.430 e. The number of alkyl halides is 3. The fourth-order valence-corrected chi connectivity index (χ4v) is 5.48. The monoisotopic (exact) mass is 520 g/mol. The van der Waals surface area contributed by atoms with E-state index < -0.39 is 34.8 Å². The normalized spacial score (nSPS) is 22.2. The van der Waals surface area contributed by atoms with E-state index in [4.69, 9.17) is 4.74 Å². The number of likely N-dealkylation sites (tertiary alicyclic amines) is 1. The van der Waals surface area contributed by atoms with Crippen LogP contribution in [0.15, 0.2) is 54.6 Å². The van der Waals surface area contributed by atoms with E-state index in [1.165, 1.54) is 18.2 Å². The SMILES string of the molecule is C[C@H](O)COc1ccccc1C1CNC(=O)CC12CCN(C(=O)[C@](O)(c1ccccc1)C(F)(F)F)CC2. The maximum atomic E-state index is 14.1. The van der Waals surface area contributed by atoms with Crippen molar-refractivity contribution < 1.29 is 37.7 Å². The Bertz CT molecular complexity index is 1120. The number of ether oxygens (including phenoxy) is 1.